The Bertz CT molecular complexity index is 1340. The van der Waals surface area contributed by atoms with Gasteiger partial charge in [0.05, 0.1) is 36.2 Å². The zero-order chi connectivity index (χ0) is 25.5. The molecule has 0 saturated heterocycles. The van der Waals surface area contributed by atoms with Gasteiger partial charge < -0.3 is 15.4 Å². The molecule has 1 aromatic carbocycles. The molecule has 11 nitrogen and oxygen atoms in total. The van der Waals surface area contributed by atoms with E-state index in [0.717, 1.165) is 5.69 Å². The van der Waals surface area contributed by atoms with E-state index in [9.17, 15) is 4.79 Å². The van der Waals surface area contributed by atoms with Crippen molar-refractivity contribution in [2.45, 2.75) is 20.8 Å². The number of nitrogens with zero attached hydrogens (tertiary/aromatic N) is 5. The number of hydroxylamine groups is 1. The summed E-state index contributed by atoms with van der Waals surface area (Å²) in [4.78, 5) is 39.6. The Balaban J connectivity index is 1.74. The minimum atomic E-state index is -0.450. The predicted molar refractivity (Wildman–Crippen MR) is 135 cm³/mol. The minimum absolute atomic E-state index is 0.271. The van der Waals surface area contributed by atoms with Gasteiger partial charge in [-0.3, -0.25) is 9.63 Å². The molecule has 0 saturated carbocycles. The Labute approximate surface area is 208 Å². The van der Waals surface area contributed by atoms with Gasteiger partial charge in [-0.05, 0) is 39.0 Å². The zero-order valence-corrected chi connectivity index (χ0v) is 20.4. The Hall–Kier alpha value is -4.64. The second-order valence-electron chi connectivity index (χ2n) is 7.63. The molecule has 36 heavy (non-hydrogen) atoms. The van der Waals surface area contributed by atoms with E-state index >= 15 is 0 Å². The third kappa shape index (κ3) is 5.70. The Morgan fingerprint density at radius 3 is 2.47 bits per heavy atom. The molecule has 4 aromatic rings. The highest BCUT2D eigenvalue weighted by Gasteiger charge is 2.18. The van der Waals surface area contributed by atoms with Gasteiger partial charge in [0.2, 0.25) is 0 Å². The van der Waals surface area contributed by atoms with Gasteiger partial charge >= 0.3 is 0 Å². The van der Waals surface area contributed by atoms with Crippen LogP contribution < -0.4 is 20.9 Å². The summed E-state index contributed by atoms with van der Waals surface area (Å²) in [5.74, 6) is 2.28. The first-order chi connectivity index (χ1) is 17.5. The Morgan fingerprint density at radius 1 is 0.944 bits per heavy atom. The van der Waals surface area contributed by atoms with Gasteiger partial charge in [0, 0.05) is 36.4 Å². The third-order valence-electron chi connectivity index (χ3n) is 4.98. The fourth-order valence-electron chi connectivity index (χ4n) is 3.53. The van der Waals surface area contributed by atoms with Crippen molar-refractivity contribution in [3.63, 3.8) is 0 Å². The van der Waals surface area contributed by atoms with Crippen LogP contribution in [-0.2, 0) is 4.84 Å². The lowest BCUT2D eigenvalue weighted by Crippen LogP contribution is -2.24. The molecule has 3 heterocycles. The van der Waals surface area contributed by atoms with Crippen molar-refractivity contribution >= 4 is 28.9 Å². The molecule has 0 aliphatic heterocycles. The lowest BCUT2D eigenvalue weighted by atomic mass is 10.1. The average Bonchev–Trinajstić information content (AvgIpc) is 2.87. The fraction of sp³-hybridized carbons (Fsp3) is 0.200. The molecule has 1 amide bonds. The van der Waals surface area contributed by atoms with E-state index in [1.54, 1.807) is 38.6 Å². The van der Waals surface area contributed by atoms with Gasteiger partial charge in [0.1, 0.15) is 17.5 Å². The highest BCUT2D eigenvalue weighted by molar-refractivity contribution is 6.00. The van der Waals surface area contributed by atoms with E-state index in [2.05, 4.69) is 41.0 Å². The SMILES string of the molecule is CCONC(=O)c1cnc(Nc2cc(C)nc(C)n2)cc1Nc1cccc(-c2ncccn2)c1OC. The molecule has 0 unspecified atom stereocenters. The van der Waals surface area contributed by atoms with Crippen molar-refractivity contribution in [3.8, 4) is 17.1 Å². The Morgan fingerprint density at radius 2 is 1.75 bits per heavy atom. The van der Waals surface area contributed by atoms with Crippen molar-refractivity contribution in [3.05, 3.63) is 72.1 Å². The van der Waals surface area contributed by atoms with E-state index in [1.807, 2.05) is 38.1 Å². The maximum Gasteiger partial charge on any atom is 0.278 e. The molecule has 184 valence electrons. The van der Waals surface area contributed by atoms with Crippen LogP contribution >= 0.6 is 0 Å². The summed E-state index contributed by atoms with van der Waals surface area (Å²) in [6.07, 6.45) is 4.78. The summed E-state index contributed by atoms with van der Waals surface area (Å²) in [6, 6.07) is 10.8. The zero-order valence-electron chi connectivity index (χ0n) is 20.4. The molecule has 0 aliphatic rings. The second-order valence-corrected chi connectivity index (χ2v) is 7.63. The number of ether oxygens (including phenoxy) is 1. The lowest BCUT2D eigenvalue weighted by Gasteiger charge is -2.17. The lowest BCUT2D eigenvalue weighted by molar-refractivity contribution is 0.0365. The number of carbonyl (C=O) groups is 1. The van der Waals surface area contributed by atoms with Crippen molar-refractivity contribution in [2.24, 2.45) is 0 Å². The number of methoxy groups -OCH3 is 1. The topological polar surface area (TPSA) is 136 Å². The van der Waals surface area contributed by atoms with Crippen molar-refractivity contribution in [2.75, 3.05) is 24.4 Å². The second kappa shape index (κ2) is 11.2. The molecular weight excluding hydrogens is 460 g/mol. The molecule has 0 atom stereocenters. The maximum absolute atomic E-state index is 12.8. The van der Waals surface area contributed by atoms with Crippen LogP contribution in [0.2, 0.25) is 0 Å². The maximum atomic E-state index is 12.8. The third-order valence-corrected chi connectivity index (χ3v) is 4.98. The highest BCUT2D eigenvalue weighted by Crippen LogP contribution is 2.37. The van der Waals surface area contributed by atoms with Crippen LogP contribution in [0.25, 0.3) is 11.4 Å². The van der Waals surface area contributed by atoms with E-state index < -0.39 is 5.91 Å². The van der Waals surface area contributed by atoms with E-state index in [-0.39, 0.29) is 5.56 Å². The fourth-order valence-corrected chi connectivity index (χ4v) is 3.53. The molecule has 3 N–H and O–H groups in total. The molecule has 0 radical (unpaired) electrons. The number of aryl methyl sites for hydroxylation is 2. The number of aromatic nitrogens is 5. The summed E-state index contributed by atoms with van der Waals surface area (Å²) in [6.45, 7) is 5.80. The first-order valence-corrected chi connectivity index (χ1v) is 11.2. The first-order valence-electron chi connectivity index (χ1n) is 11.2. The number of para-hydroxylation sites is 1. The normalized spacial score (nSPS) is 10.6. The van der Waals surface area contributed by atoms with E-state index in [0.29, 0.717) is 52.6 Å². The van der Waals surface area contributed by atoms with Crippen molar-refractivity contribution < 1.29 is 14.4 Å². The van der Waals surface area contributed by atoms with Crippen LogP contribution in [0.4, 0.5) is 23.0 Å². The minimum Gasteiger partial charge on any atom is -0.494 e. The van der Waals surface area contributed by atoms with E-state index in [4.69, 9.17) is 9.57 Å². The molecule has 0 aliphatic carbocycles. The largest absolute Gasteiger partial charge is 0.494 e. The summed E-state index contributed by atoms with van der Waals surface area (Å²) >= 11 is 0. The molecule has 0 fully saturated rings. The summed E-state index contributed by atoms with van der Waals surface area (Å²) in [7, 11) is 1.56. The number of benzene rings is 1. The number of hydrogen-bond acceptors (Lipinski definition) is 10. The van der Waals surface area contributed by atoms with Crippen LogP contribution in [0.5, 0.6) is 5.75 Å². The van der Waals surface area contributed by atoms with Crippen LogP contribution in [0, 0.1) is 13.8 Å². The molecule has 3 aromatic heterocycles. The number of pyridine rings is 1. The smallest absolute Gasteiger partial charge is 0.278 e. The predicted octanol–water partition coefficient (Wildman–Crippen LogP) is 4.12. The van der Waals surface area contributed by atoms with Gasteiger partial charge in [-0.2, -0.15) is 0 Å². The highest BCUT2D eigenvalue weighted by atomic mass is 16.6. The van der Waals surface area contributed by atoms with Gasteiger partial charge in [-0.25, -0.2) is 30.4 Å². The molecule has 11 heteroatoms. The average molecular weight is 487 g/mol. The summed E-state index contributed by atoms with van der Waals surface area (Å²) in [5, 5.41) is 6.47. The number of nitrogens with one attached hydrogen (secondary N) is 3. The number of carbonyl (C=O) groups excluding carboxylic acids is 1. The van der Waals surface area contributed by atoms with Crippen LogP contribution in [0.1, 0.15) is 28.8 Å². The standard InChI is InChI=1S/C25H26N8O3/c1-5-36-33-25(34)18-14-28-21(32-22-12-15(2)29-16(3)30-22)13-20(18)31-19-9-6-8-17(23(19)35-4)24-26-10-7-11-27-24/h6-14H,5H2,1-4H3,(H,33,34)(H2,28,29,30,31,32). The molecular formula is C25H26N8O3. The summed E-state index contributed by atoms with van der Waals surface area (Å²) < 4.78 is 5.70. The van der Waals surface area contributed by atoms with E-state index in [1.165, 1.54) is 6.20 Å². The monoisotopic (exact) mass is 486 g/mol. The van der Waals surface area contributed by atoms with Crippen LogP contribution in [0.3, 0.4) is 0 Å². The van der Waals surface area contributed by atoms with Crippen molar-refractivity contribution in [1.29, 1.82) is 0 Å². The van der Waals surface area contributed by atoms with Gasteiger partial charge in [-0.15, -0.1) is 0 Å². The number of rotatable bonds is 9. The van der Waals surface area contributed by atoms with Crippen LogP contribution in [0.15, 0.2) is 55.0 Å². The van der Waals surface area contributed by atoms with Crippen LogP contribution in [-0.4, -0.2) is 44.5 Å². The van der Waals surface area contributed by atoms with Gasteiger partial charge in [0.25, 0.3) is 5.91 Å². The molecule has 0 bridgehead atoms. The summed E-state index contributed by atoms with van der Waals surface area (Å²) in [5.41, 5.74) is 5.28. The number of hydrogen-bond donors (Lipinski definition) is 3. The Kier molecular flexibility index (Phi) is 7.61. The van der Waals surface area contributed by atoms with Gasteiger partial charge in [0.15, 0.2) is 11.6 Å². The first kappa shape index (κ1) is 24.5. The molecule has 4 rings (SSSR count). The number of amides is 1. The molecule has 0 spiro atoms. The quantitative estimate of drug-likeness (QED) is 0.296. The van der Waals surface area contributed by atoms with Gasteiger partial charge in [-0.1, -0.05) is 6.07 Å². The van der Waals surface area contributed by atoms with Crippen molar-refractivity contribution in [1.82, 2.24) is 30.4 Å². The number of anilines is 4.